The molecule has 27 heavy (non-hydrogen) atoms. The molecule has 1 aliphatic heterocycles. The molecule has 0 saturated carbocycles. The van der Waals surface area contributed by atoms with Crippen molar-refractivity contribution in [3.63, 3.8) is 0 Å². The number of aryl methyl sites for hydroxylation is 2. The Bertz CT molecular complexity index is 1030. The van der Waals surface area contributed by atoms with E-state index in [1.165, 1.54) is 4.31 Å². The third-order valence-corrected chi connectivity index (χ3v) is 6.82. The highest BCUT2D eigenvalue weighted by atomic mass is 32.2. The highest BCUT2D eigenvalue weighted by Gasteiger charge is 2.32. The van der Waals surface area contributed by atoms with Crippen LogP contribution in [-0.4, -0.2) is 36.0 Å². The molecule has 0 unspecified atom stereocenters. The van der Waals surface area contributed by atoms with Gasteiger partial charge in [0.2, 0.25) is 21.7 Å². The lowest BCUT2D eigenvalue weighted by atomic mass is 9.98. The Kier molecular flexibility index (Phi) is 4.61. The van der Waals surface area contributed by atoms with Gasteiger partial charge in [0.15, 0.2) is 0 Å². The van der Waals surface area contributed by atoms with Crippen molar-refractivity contribution in [2.24, 2.45) is 0 Å². The molecule has 3 heterocycles. The van der Waals surface area contributed by atoms with Gasteiger partial charge in [-0.05, 0) is 44.9 Å². The molecule has 1 aromatic carbocycles. The summed E-state index contributed by atoms with van der Waals surface area (Å²) >= 11 is 0. The van der Waals surface area contributed by atoms with Crippen molar-refractivity contribution in [3.8, 4) is 11.4 Å². The monoisotopic (exact) mass is 387 g/mol. The van der Waals surface area contributed by atoms with E-state index < -0.39 is 10.0 Å². The summed E-state index contributed by atoms with van der Waals surface area (Å²) in [5.41, 5.74) is 0.826. The molecule has 0 N–H and O–H groups in total. The van der Waals surface area contributed by atoms with Gasteiger partial charge in [0.1, 0.15) is 11.5 Å². The SMILES string of the molecule is Cc1cc(-c2noc(C3CCN(S(=O)(=O)c4ccccc4)CC3)n2)c(C)o1. The molecule has 1 saturated heterocycles. The summed E-state index contributed by atoms with van der Waals surface area (Å²) in [4.78, 5) is 4.85. The summed E-state index contributed by atoms with van der Waals surface area (Å²) in [6.07, 6.45) is 1.30. The molecule has 0 atom stereocenters. The Morgan fingerprint density at radius 2 is 1.81 bits per heavy atom. The fourth-order valence-electron chi connectivity index (χ4n) is 3.45. The van der Waals surface area contributed by atoms with E-state index in [1.54, 1.807) is 24.3 Å². The van der Waals surface area contributed by atoms with Gasteiger partial charge >= 0.3 is 0 Å². The predicted octanol–water partition coefficient (Wildman–Crippen LogP) is 3.51. The minimum atomic E-state index is -3.45. The summed E-state index contributed by atoms with van der Waals surface area (Å²) in [5.74, 6) is 2.68. The van der Waals surface area contributed by atoms with Crippen LogP contribution in [0.3, 0.4) is 0 Å². The molecule has 0 bridgehead atoms. The van der Waals surface area contributed by atoms with E-state index in [0.717, 1.165) is 17.1 Å². The van der Waals surface area contributed by atoms with Crippen molar-refractivity contribution in [3.05, 3.63) is 53.8 Å². The molecular weight excluding hydrogens is 366 g/mol. The number of sulfonamides is 1. The Morgan fingerprint density at radius 3 is 2.44 bits per heavy atom. The second-order valence-electron chi connectivity index (χ2n) is 6.77. The van der Waals surface area contributed by atoms with E-state index in [4.69, 9.17) is 8.94 Å². The number of rotatable bonds is 4. The normalized spacial score (nSPS) is 16.7. The van der Waals surface area contributed by atoms with Gasteiger partial charge in [0.25, 0.3) is 0 Å². The topological polar surface area (TPSA) is 89.4 Å². The van der Waals surface area contributed by atoms with Crippen LogP contribution in [0.25, 0.3) is 11.4 Å². The van der Waals surface area contributed by atoms with Gasteiger partial charge in [0.05, 0.1) is 10.5 Å². The van der Waals surface area contributed by atoms with Crippen molar-refractivity contribution in [1.29, 1.82) is 0 Å². The molecule has 8 heteroatoms. The van der Waals surface area contributed by atoms with Gasteiger partial charge in [-0.2, -0.15) is 9.29 Å². The van der Waals surface area contributed by atoms with Crippen molar-refractivity contribution in [1.82, 2.24) is 14.4 Å². The third-order valence-electron chi connectivity index (χ3n) is 4.91. The quantitative estimate of drug-likeness (QED) is 0.680. The standard InChI is InChI=1S/C19H21N3O4S/c1-13-12-17(14(2)25-13)18-20-19(26-21-18)15-8-10-22(11-9-15)27(23,24)16-6-4-3-5-7-16/h3-7,12,15H,8-11H2,1-2H3. The Hall–Kier alpha value is -2.45. The summed E-state index contributed by atoms with van der Waals surface area (Å²) in [7, 11) is -3.45. The molecule has 0 radical (unpaired) electrons. The van der Waals surface area contributed by atoms with Crippen LogP contribution < -0.4 is 0 Å². The molecule has 2 aromatic heterocycles. The molecule has 0 aliphatic carbocycles. The van der Waals surface area contributed by atoms with Gasteiger partial charge in [-0.15, -0.1) is 0 Å². The largest absolute Gasteiger partial charge is 0.466 e. The lowest BCUT2D eigenvalue weighted by Gasteiger charge is -2.29. The zero-order valence-electron chi connectivity index (χ0n) is 15.3. The van der Waals surface area contributed by atoms with Crippen LogP contribution in [0, 0.1) is 13.8 Å². The number of aromatic nitrogens is 2. The number of piperidine rings is 1. The number of furan rings is 1. The van der Waals surface area contributed by atoms with Crippen LogP contribution in [0.5, 0.6) is 0 Å². The average Bonchev–Trinajstić information content (AvgIpc) is 3.29. The second kappa shape index (κ2) is 6.94. The number of nitrogens with zero attached hydrogens (tertiary/aromatic N) is 3. The fourth-order valence-corrected chi connectivity index (χ4v) is 4.94. The van der Waals surface area contributed by atoms with Gasteiger partial charge in [-0.25, -0.2) is 8.42 Å². The zero-order valence-corrected chi connectivity index (χ0v) is 16.1. The van der Waals surface area contributed by atoms with Gasteiger partial charge in [-0.1, -0.05) is 23.4 Å². The van der Waals surface area contributed by atoms with E-state index in [-0.39, 0.29) is 5.92 Å². The smallest absolute Gasteiger partial charge is 0.243 e. The van der Waals surface area contributed by atoms with Crippen LogP contribution in [-0.2, 0) is 10.0 Å². The maximum atomic E-state index is 12.7. The summed E-state index contributed by atoms with van der Waals surface area (Å²) in [6, 6.07) is 10.4. The Balaban J connectivity index is 1.46. The van der Waals surface area contributed by atoms with Gasteiger partial charge < -0.3 is 8.94 Å². The summed E-state index contributed by atoms with van der Waals surface area (Å²) < 4.78 is 38.0. The first-order valence-electron chi connectivity index (χ1n) is 8.91. The molecule has 142 valence electrons. The van der Waals surface area contributed by atoms with Crippen LogP contribution in [0.15, 0.2) is 50.2 Å². The molecule has 3 aromatic rings. The van der Waals surface area contributed by atoms with Crippen LogP contribution in [0.1, 0.15) is 36.2 Å². The molecular formula is C19H21N3O4S. The summed E-state index contributed by atoms with van der Waals surface area (Å²) in [6.45, 7) is 4.61. The van der Waals surface area contributed by atoms with E-state index in [2.05, 4.69) is 10.1 Å². The number of hydrogen-bond donors (Lipinski definition) is 0. The van der Waals surface area contributed by atoms with E-state index >= 15 is 0 Å². The van der Waals surface area contributed by atoms with Crippen LogP contribution >= 0.6 is 0 Å². The number of hydrogen-bond acceptors (Lipinski definition) is 6. The predicted molar refractivity (Wildman–Crippen MR) is 98.6 cm³/mol. The average molecular weight is 387 g/mol. The molecule has 0 amide bonds. The molecule has 1 aliphatic rings. The second-order valence-corrected chi connectivity index (χ2v) is 8.71. The fraction of sp³-hybridized carbons (Fsp3) is 0.368. The first kappa shape index (κ1) is 17.9. The van der Waals surface area contributed by atoms with E-state index in [1.807, 2.05) is 26.0 Å². The van der Waals surface area contributed by atoms with Crippen molar-refractivity contribution in [2.45, 2.75) is 37.5 Å². The first-order valence-corrected chi connectivity index (χ1v) is 10.4. The maximum Gasteiger partial charge on any atom is 0.243 e. The Morgan fingerprint density at radius 1 is 1.11 bits per heavy atom. The zero-order chi connectivity index (χ0) is 19.0. The van der Waals surface area contributed by atoms with Crippen LogP contribution in [0.2, 0.25) is 0 Å². The number of benzene rings is 1. The van der Waals surface area contributed by atoms with Gasteiger partial charge in [0, 0.05) is 19.0 Å². The first-order chi connectivity index (χ1) is 12.9. The van der Waals surface area contributed by atoms with Crippen molar-refractivity contribution >= 4 is 10.0 Å². The van der Waals surface area contributed by atoms with Crippen molar-refractivity contribution in [2.75, 3.05) is 13.1 Å². The van der Waals surface area contributed by atoms with Crippen LogP contribution in [0.4, 0.5) is 0 Å². The molecule has 4 rings (SSSR count). The summed E-state index contributed by atoms with van der Waals surface area (Å²) in [5, 5.41) is 4.07. The van der Waals surface area contributed by atoms with Crippen molar-refractivity contribution < 1.29 is 17.4 Å². The molecule has 7 nitrogen and oxygen atoms in total. The highest BCUT2D eigenvalue weighted by molar-refractivity contribution is 7.89. The van der Waals surface area contributed by atoms with E-state index in [9.17, 15) is 8.42 Å². The molecule has 1 fully saturated rings. The molecule has 0 spiro atoms. The minimum Gasteiger partial charge on any atom is -0.466 e. The highest BCUT2D eigenvalue weighted by Crippen LogP contribution is 2.32. The minimum absolute atomic E-state index is 0.0572. The lowest BCUT2D eigenvalue weighted by molar-refractivity contribution is 0.271. The van der Waals surface area contributed by atoms with Gasteiger partial charge in [-0.3, -0.25) is 0 Å². The third kappa shape index (κ3) is 3.42. The van der Waals surface area contributed by atoms with E-state index in [0.29, 0.717) is 42.5 Å². The Labute approximate surface area is 158 Å². The lowest BCUT2D eigenvalue weighted by Crippen LogP contribution is -2.37. The maximum absolute atomic E-state index is 12.7.